The van der Waals surface area contributed by atoms with Crippen LogP contribution in [0.25, 0.3) is 0 Å². The highest BCUT2D eigenvalue weighted by molar-refractivity contribution is 6.72. The van der Waals surface area contributed by atoms with Crippen molar-refractivity contribution in [1.29, 1.82) is 0 Å². The number of alkyl halides is 1. The topological polar surface area (TPSA) is 43.2 Å². The van der Waals surface area contributed by atoms with Gasteiger partial charge in [0.25, 0.3) is 0 Å². The van der Waals surface area contributed by atoms with E-state index in [4.69, 9.17) is 34.8 Å². The minimum atomic E-state index is -0.618. The summed E-state index contributed by atoms with van der Waals surface area (Å²) in [5, 5.41) is 4.26. The van der Waals surface area contributed by atoms with E-state index in [-0.39, 0.29) is 33.5 Å². The molecule has 1 unspecified atom stereocenters. The van der Waals surface area contributed by atoms with Crippen molar-refractivity contribution >= 4 is 45.4 Å². The highest BCUT2D eigenvalue weighted by Gasteiger charge is 2.53. The van der Waals surface area contributed by atoms with E-state index in [0.717, 1.165) is 25.7 Å². The number of nitrogens with one attached hydrogen (secondary N) is 1. The summed E-state index contributed by atoms with van der Waals surface area (Å²) < 4.78 is 0. The molecule has 8 heteroatoms. The second-order valence-electron chi connectivity index (χ2n) is 11.5. The lowest BCUT2D eigenvalue weighted by atomic mass is 9.71. The summed E-state index contributed by atoms with van der Waals surface area (Å²) >= 11 is 18.9. The van der Waals surface area contributed by atoms with Crippen molar-refractivity contribution in [2.75, 3.05) is 0 Å². The third kappa shape index (κ3) is 4.90. The molecule has 0 spiro atoms. The zero-order valence-electron chi connectivity index (χ0n) is 19.0. The van der Waals surface area contributed by atoms with Gasteiger partial charge in [-0.25, -0.2) is 4.99 Å². The van der Waals surface area contributed by atoms with Gasteiger partial charge in [0.15, 0.2) is 0 Å². The first-order valence-corrected chi connectivity index (χ1v) is 11.7. The maximum atomic E-state index is 6.52. The van der Waals surface area contributed by atoms with Gasteiger partial charge in [-0.15, -0.1) is 0 Å². The highest BCUT2D eigenvalue weighted by atomic mass is 35.5. The molecule has 0 aromatic rings. The molecule has 0 bridgehead atoms. The van der Waals surface area contributed by atoms with Gasteiger partial charge in [0.1, 0.15) is 0 Å². The highest BCUT2D eigenvalue weighted by Crippen LogP contribution is 2.46. The van der Waals surface area contributed by atoms with Crippen LogP contribution in [0.5, 0.6) is 0 Å². The molecule has 1 atom stereocenters. The molecule has 0 saturated carbocycles. The molecule has 3 heterocycles. The molecule has 0 aromatic carbocycles. The van der Waals surface area contributed by atoms with Gasteiger partial charge in [-0.3, -0.25) is 4.90 Å². The zero-order chi connectivity index (χ0) is 22.0. The van der Waals surface area contributed by atoms with Crippen molar-refractivity contribution in [3.63, 3.8) is 0 Å². The van der Waals surface area contributed by atoms with Crippen LogP contribution in [-0.4, -0.2) is 60.3 Å². The van der Waals surface area contributed by atoms with E-state index in [1.807, 2.05) is 4.90 Å². The number of hydrogen-bond acceptors (Lipinski definition) is 5. The van der Waals surface area contributed by atoms with Gasteiger partial charge in [-0.05, 0) is 104 Å². The Morgan fingerprint density at radius 1 is 0.828 bits per heavy atom. The minimum Gasteiger partial charge on any atom is -0.309 e. The molecule has 29 heavy (non-hydrogen) atoms. The Morgan fingerprint density at radius 3 is 1.76 bits per heavy atom. The Labute approximate surface area is 191 Å². The first-order valence-electron chi connectivity index (χ1n) is 10.5. The van der Waals surface area contributed by atoms with E-state index < -0.39 is 5.62 Å². The summed E-state index contributed by atoms with van der Waals surface area (Å²) in [6.07, 6.45) is 4.11. The number of likely N-dealkylation sites (tertiary alicyclic amines) is 1. The van der Waals surface area contributed by atoms with Crippen LogP contribution in [0.15, 0.2) is 9.98 Å². The number of halogens is 3. The van der Waals surface area contributed by atoms with Crippen LogP contribution < -0.4 is 5.32 Å². The molecule has 0 aromatic heterocycles. The molecule has 5 nitrogen and oxygen atoms in total. The number of hydrogen-bond donors (Lipinski definition) is 1. The quantitative estimate of drug-likeness (QED) is 0.443. The van der Waals surface area contributed by atoms with Crippen molar-refractivity contribution in [1.82, 2.24) is 15.1 Å². The monoisotopic (exact) mass is 463 g/mol. The van der Waals surface area contributed by atoms with Crippen LogP contribution in [-0.2, 0) is 0 Å². The molecule has 0 aliphatic carbocycles. The minimum absolute atomic E-state index is 0.0285. The molecule has 3 aliphatic rings. The van der Waals surface area contributed by atoms with Crippen molar-refractivity contribution in [2.45, 2.75) is 121 Å². The van der Waals surface area contributed by atoms with Crippen molar-refractivity contribution in [2.24, 2.45) is 9.98 Å². The van der Waals surface area contributed by atoms with E-state index in [2.05, 4.69) is 75.6 Å². The van der Waals surface area contributed by atoms with E-state index in [1.54, 1.807) is 0 Å². The number of piperidine rings is 2. The van der Waals surface area contributed by atoms with Gasteiger partial charge >= 0.3 is 0 Å². The van der Waals surface area contributed by atoms with Crippen LogP contribution in [0.4, 0.5) is 0 Å². The zero-order valence-corrected chi connectivity index (χ0v) is 21.3. The van der Waals surface area contributed by atoms with Crippen molar-refractivity contribution < 1.29 is 0 Å². The van der Waals surface area contributed by atoms with E-state index >= 15 is 0 Å². The Hall–Kier alpha value is -0.0700. The average molecular weight is 465 g/mol. The molecule has 0 radical (unpaired) electrons. The number of aliphatic imine (C=N–C) groups is 2. The predicted molar refractivity (Wildman–Crippen MR) is 125 cm³/mol. The summed E-state index contributed by atoms with van der Waals surface area (Å²) in [5.74, 6) is 0. The Balaban J connectivity index is 1.89. The lowest BCUT2D eigenvalue weighted by molar-refractivity contribution is -0.107. The largest absolute Gasteiger partial charge is 0.309 e. The predicted octanol–water partition coefficient (Wildman–Crippen LogP) is 5.34. The third-order valence-corrected chi connectivity index (χ3v) is 7.31. The average Bonchev–Trinajstić information content (AvgIpc) is 2.39. The lowest BCUT2D eigenvalue weighted by Gasteiger charge is -2.62. The molecule has 166 valence electrons. The van der Waals surface area contributed by atoms with Crippen molar-refractivity contribution in [3.05, 3.63) is 0 Å². The fourth-order valence-corrected chi connectivity index (χ4v) is 7.57. The maximum Gasteiger partial charge on any atom is 0.223 e. The van der Waals surface area contributed by atoms with E-state index in [9.17, 15) is 0 Å². The van der Waals surface area contributed by atoms with E-state index in [1.165, 1.54) is 0 Å². The van der Waals surface area contributed by atoms with Gasteiger partial charge in [-0.1, -0.05) is 11.6 Å². The third-order valence-electron chi connectivity index (χ3n) is 6.54. The van der Waals surface area contributed by atoms with Crippen molar-refractivity contribution in [3.8, 4) is 0 Å². The maximum absolute atomic E-state index is 6.52. The molecule has 0 amide bonds. The Kier molecular flexibility index (Phi) is 6.11. The molecule has 2 fully saturated rings. The molecular formula is C21H36Cl3N5. The molecule has 3 rings (SSSR count). The van der Waals surface area contributed by atoms with Gasteiger partial charge in [0.05, 0.1) is 0 Å². The number of nitrogens with zero attached hydrogens (tertiary/aromatic N) is 4. The fraction of sp³-hybridized carbons (Fsp3) is 0.905. The lowest BCUT2D eigenvalue weighted by Crippen LogP contribution is -2.72. The SMILES string of the molecule is CC1(C)CC(N2C(C)(C)CC(N3C(Cl)=NC(Cl)=NC3Cl)CC2(C)C)CC(C)(C)N1. The number of rotatable bonds is 2. The normalized spacial score (nSPS) is 32.7. The smallest absolute Gasteiger partial charge is 0.223 e. The van der Waals surface area contributed by atoms with Gasteiger partial charge in [0, 0.05) is 34.2 Å². The molecule has 1 N–H and O–H groups in total. The Morgan fingerprint density at radius 2 is 1.31 bits per heavy atom. The fourth-order valence-electron chi connectivity index (χ4n) is 6.60. The van der Waals surface area contributed by atoms with Gasteiger partial charge < -0.3 is 10.2 Å². The summed E-state index contributed by atoms with van der Waals surface area (Å²) in [6.45, 7) is 18.6. The first-order chi connectivity index (χ1) is 13.0. The van der Waals surface area contributed by atoms with Gasteiger partial charge in [-0.2, -0.15) is 4.99 Å². The summed E-state index contributed by atoms with van der Waals surface area (Å²) in [7, 11) is 0. The van der Waals surface area contributed by atoms with Crippen LogP contribution in [0.3, 0.4) is 0 Å². The van der Waals surface area contributed by atoms with Crippen LogP contribution >= 0.6 is 34.8 Å². The van der Waals surface area contributed by atoms with E-state index in [0.29, 0.717) is 11.3 Å². The summed E-state index contributed by atoms with van der Waals surface area (Å²) in [4.78, 5) is 13.0. The molecule has 2 saturated heterocycles. The van der Waals surface area contributed by atoms with Crippen LogP contribution in [0.2, 0.25) is 0 Å². The second-order valence-corrected chi connectivity index (χ2v) is 12.6. The second kappa shape index (κ2) is 7.51. The molecular weight excluding hydrogens is 429 g/mol. The van der Waals surface area contributed by atoms with Crippen LogP contribution in [0.1, 0.15) is 81.1 Å². The Bertz CT molecular complexity index is 679. The summed E-state index contributed by atoms with van der Waals surface area (Å²) in [6, 6.07) is 0.642. The van der Waals surface area contributed by atoms with Crippen LogP contribution in [0, 0.1) is 0 Å². The standard InChI is InChI=1S/C21H36Cl3N5/c1-18(2)9-14(10-19(3,4)27-18)29-20(5,6)11-13(12-21(29,7)8)28-16(23)25-15(22)26-17(28)24/h13-14,16,27H,9-12H2,1-8H3. The van der Waals surface area contributed by atoms with Gasteiger partial charge in [0.2, 0.25) is 16.2 Å². The molecule has 3 aliphatic heterocycles. The first kappa shape index (κ1) is 23.6. The number of amidine groups is 2. The summed E-state index contributed by atoms with van der Waals surface area (Å²) in [5.41, 5.74) is -0.471.